The van der Waals surface area contributed by atoms with Gasteiger partial charge in [0.1, 0.15) is 24.4 Å². The molecule has 182 valence electrons. The van der Waals surface area contributed by atoms with E-state index in [2.05, 4.69) is 5.48 Å². The first-order valence-corrected chi connectivity index (χ1v) is 10.5. The Morgan fingerprint density at radius 2 is 1.76 bits per heavy atom. The van der Waals surface area contributed by atoms with Crippen LogP contribution in [0.15, 0.2) is 48.1 Å². The number of rotatable bonds is 9. The number of ketones is 1. The third-order valence-electron chi connectivity index (χ3n) is 5.22. The van der Waals surface area contributed by atoms with Gasteiger partial charge in [-0.25, -0.2) is 10.3 Å². The van der Waals surface area contributed by atoms with Crippen LogP contribution < -0.4 is 10.4 Å². The summed E-state index contributed by atoms with van der Waals surface area (Å²) in [7, 11) is 3.84. The fourth-order valence-electron chi connectivity index (χ4n) is 3.23. The topological polar surface area (TPSA) is 149 Å². The number of hydrogen-bond acceptors (Lipinski definition) is 9. The summed E-state index contributed by atoms with van der Waals surface area (Å²) in [6, 6.07) is 7.29. The van der Waals surface area contributed by atoms with Crippen molar-refractivity contribution in [1.82, 2.24) is 5.48 Å². The Bertz CT molecular complexity index is 866. The van der Waals surface area contributed by atoms with Crippen molar-refractivity contribution in [2.75, 3.05) is 25.6 Å². The van der Waals surface area contributed by atoms with E-state index in [0.717, 1.165) is 5.69 Å². The Balaban J connectivity index is 1.89. The minimum Gasteiger partial charge on any atom is -0.394 e. The summed E-state index contributed by atoms with van der Waals surface area (Å²) in [5.41, 5.74) is 4.30. The largest absolute Gasteiger partial charge is 0.394 e. The number of nitrogens with zero attached hydrogens (tertiary/aromatic N) is 1. The summed E-state index contributed by atoms with van der Waals surface area (Å²) in [6.45, 7) is 2.89. The SMILES string of the molecule is CC(C=CC(=O)NO[C@@H]1O[C@H](CO)[C@@H](O)[C@H](O)[C@H]1O)=CC(C)C(=O)c1ccc(N(C)C)cc1. The third-order valence-corrected chi connectivity index (χ3v) is 5.22. The van der Waals surface area contributed by atoms with Crippen LogP contribution in [0, 0.1) is 5.92 Å². The van der Waals surface area contributed by atoms with Gasteiger partial charge in [-0.3, -0.25) is 9.59 Å². The summed E-state index contributed by atoms with van der Waals surface area (Å²) >= 11 is 0. The predicted molar refractivity (Wildman–Crippen MR) is 120 cm³/mol. The van der Waals surface area contributed by atoms with Crippen LogP contribution in [-0.4, -0.2) is 83.5 Å². The van der Waals surface area contributed by atoms with Gasteiger partial charge in [0.05, 0.1) is 6.61 Å². The van der Waals surface area contributed by atoms with Crippen LogP contribution in [0.3, 0.4) is 0 Å². The molecule has 10 heteroatoms. The molecular weight excluding hydrogens is 432 g/mol. The zero-order chi connectivity index (χ0) is 24.7. The molecule has 1 unspecified atom stereocenters. The van der Waals surface area contributed by atoms with Crippen molar-refractivity contribution < 1.29 is 39.6 Å². The predicted octanol–water partition coefficient (Wildman–Crippen LogP) is -0.0784. The molecule has 2 rings (SSSR count). The first-order valence-electron chi connectivity index (χ1n) is 10.5. The molecule has 0 saturated carbocycles. The van der Waals surface area contributed by atoms with Gasteiger partial charge in [0.25, 0.3) is 5.91 Å². The average Bonchev–Trinajstić information content (AvgIpc) is 2.80. The molecule has 1 fully saturated rings. The Morgan fingerprint density at radius 1 is 1.12 bits per heavy atom. The van der Waals surface area contributed by atoms with Crippen molar-refractivity contribution in [1.29, 1.82) is 0 Å². The van der Waals surface area contributed by atoms with E-state index in [4.69, 9.17) is 14.7 Å². The molecule has 1 heterocycles. The Kier molecular flexibility index (Phi) is 9.71. The van der Waals surface area contributed by atoms with Gasteiger partial charge in [-0.2, -0.15) is 0 Å². The highest BCUT2D eigenvalue weighted by atomic mass is 16.8. The number of benzene rings is 1. The zero-order valence-corrected chi connectivity index (χ0v) is 19.1. The molecule has 0 radical (unpaired) electrons. The molecule has 1 aliphatic heterocycles. The summed E-state index contributed by atoms with van der Waals surface area (Å²) in [6.07, 6.45) is -3.02. The molecule has 10 nitrogen and oxygen atoms in total. The lowest BCUT2D eigenvalue weighted by atomic mass is 9.97. The molecule has 0 aromatic heterocycles. The van der Waals surface area contributed by atoms with Crippen LogP contribution in [0.25, 0.3) is 0 Å². The maximum atomic E-state index is 12.6. The molecule has 1 aliphatic rings. The van der Waals surface area contributed by atoms with Crippen LogP contribution >= 0.6 is 0 Å². The molecule has 1 saturated heterocycles. The second-order valence-corrected chi connectivity index (χ2v) is 8.12. The number of ether oxygens (including phenoxy) is 1. The van der Waals surface area contributed by atoms with Crippen molar-refractivity contribution in [3.63, 3.8) is 0 Å². The summed E-state index contributed by atoms with van der Waals surface area (Å²) in [4.78, 5) is 31.5. The number of allylic oxidation sites excluding steroid dienone is 3. The summed E-state index contributed by atoms with van der Waals surface area (Å²) in [5.74, 6) is -1.14. The van der Waals surface area contributed by atoms with E-state index < -0.39 is 49.1 Å². The van der Waals surface area contributed by atoms with E-state index in [9.17, 15) is 24.9 Å². The monoisotopic (exact) mass is 464 g/mol. The van der Waals surface area contributed by atoms with Crippen LogP contribution in [0.1, 0.15) is 24.2 Å². The fourth-order valence-corrected chi connectivity index (χ4v) is 3.23. The van der Waals surface area contributed by atoms with Crippen LogP contribution in [-0.2, 0) is 14.4 Å². The number of anilines is 1. The average molecular weight is 465 g/mol. The number of hydrogen-bond donors (Lipinski definition) is 5. The van der Waals surface area contributed by atoms with Crippen molar-refractivity contribution in [2.24, 2.45) is 5.92 Å². The van der Waals surface area contributed by atoms with Crippen LogP contribution in [0.5, 0.6) is 0 Å². The van der Waals surface area contributed by atoms with Gasteiger partial charge in [0.15, 0.2) is 5.78 Å². The molecular formula is C23H32N2O8. The molecule has 33 heavy (non-hydrogen) atoms. The molecule has 0 bridgehead atoms. The zero-order valence-electron chi connectivity index (χ0n) is 19.1. The lowest BCUT2D eigenvalue weighted by Crippen LogP contribution is -2.60. The summed E-state index contributed by atoms with van der Waals surface area (Å²) in [5, 5.41) is 38.5. The molecule has 5 N–H and O–H groups in total. The number of carbonyl (C=O) groups is 2. The van der Waals surface area contributed by atoms with E-state index in [1.807, 2.05) is 31.1 Å². The third kappa shape index (κ3) is 7.19. The number of hydroxylamine groups is 1. The Labute approximate surface area is 192 Å². The lowest BCUT2D eigenvalue weighted by Gasteiger charge is -2.38. The van der Waals surface area contributed by atoms with Crippen LogP contribution in [0.2, 0.25) is 0 Å². The maximum absolute atomic E-state index is 12.6. The number of carbonyl (C=O) groups excluding carboxylic acids is 2. The first kappa shape index (κ1) is 26.7. The number of aliphatic hydroxyl groups is 4. The van der Waals surface area contributed by atoms with Gasteiger partial charge in [-0.1, -0.05) is 24.6 Å². The molecule has 0 spiro atoms. The van der Waals surface area contributed by atoms with Gasteiger partial charge < -0.3 is 30.1 Å². The van der Waals surface area contributed by atoms with Gasteiger partial charge in [-0.15, -0.1) is 0 Å². The maximum Gasteiger partial charge on any atom is 0.267 e. The van der Waals surface area contributed by atoms with Crippen molar-refractivity contribution in [3.05, 3.63) is 53.6 Å². The summed E-state index contributed by atoms with van der Waals surface area (Å²) < 4.78 is 5.13. The van der Waals surface area contributed by atoms with Crippen LogP contribution in [0.4, 0.5) is 5.69 Å². The van der Waals surface area contributed by atoms with E-state index in [0.29, 0.717) is 11.1 Å². The van der Waals surface area contributed by atoms with E-state index in [-0.39, 0.29) is 5.78 Å². The molecule has 1 aromatic rings. The highest BCUT2D eigenvalue weighted by Crippen LogP contribution is 2.21. The first-order chi connectivity index (χ1) is 15.5. The van der Waals surface area contributed by atoms with Crippen molar-refractivity contribution in [2.45, 2.75) is 44.6 Å². The Hall–Kier alpha value is -2.60. The minimum absolute atomic E-state index is 0.0524. The van der Waals surface area contributed by atoms with Gasteiger partial charge >= 0.3 is 0 Å². The Morgan fingerprint density at radius 3 is 2.33 bits per heavy atom. The number of Topliss-reactive ketones (excluding diaryl/α,β-unsaturated/α-hetero) is 1. The molecule has 1 amide bonds. The quantitative estimate of drug-likeness (QED) is 0.146. The van der Waals surface area contributed by atoms with E-state index in [1.165, 1.54) is 12.2 Å². The van der Waals surface area contributed by atoms with E-state index in [1.54, 1.807) is 32.1 Å². The smallest absolute Gasteiger partial charge is 0.267 e. The van der Waals surface area contributed by atoms with Gasteiger partial charge in [0.2, 0.25) is 6.29 Å². The number of aliphatic hydroxyl groups excluding tert-OH is 4. The molecule has 0 aliphatic carbocycles. The number of amides is 1. The van der Waals surface area contributed by atoms with Crippen molar-refractivity contribution in [3.8, 4) is 0 Å². The number of nitrogens with one attached hydrogen (secondary N) is 1. The second-order valence-electron chi connectivity index (χ2n) is 8.12. The molecule has 1 aromatic carbocycles. The van der Waals surface area contributed by atoms with Gasteiger partial charge in [-0.05, 0) is 31.2 Å². The second kappa shape index (κ2) is 12.0. The standard InChI is InChI=1S/C23H32N2O8/c1-13(11-14(2)19(28)15-6-8-16(9-7-15)25(3)4)5-10-18(27)24-33-23-22(31)21(30)20(29)17(12-26)32-23/h5-11,14,17,20-23,26,29-31H,12H2,1-4H3,(H,24,27)/t14?,17-,20-,21+,22-,23+/m1/s1. The fraction of sp³-hybridized carbons (Fsp3) is 0.478. The lowest BCUT2D eigenvalue weighted by molar-refractivity contribution is -0.312. The highest BCUT2D eigenvalue weighted by Gasteiger charge is 2.44. The molecule has 6 atom stereocenters. The highest BCUT2D eigenvalue weighted by molar-refractivity contribution is 5.99. The van der Waals surface area contributed by atoms with Gasteiger partial charge in [0, 0.05) is 37.3 Å². The van der Waals surface area contributed by atoms with E-state index >= 15 is 0 Å². The normalized spacial score (nSPS) is 26.8. The minimum atomic E-state index is -1.63. The van der Waals surface area contributed by atoms with Crippen molar-refractivity contribution >= 4 is 17.4 Å².